The minimum atomic E-state index is -0.0102. The molecule has 2 heterocycles. The minimum Gasteiger partial charge on any atom is -0.311 e. The van der Waals surface area contributed by atoms with E-state index in [4.69, 9.17) is 0 Å². The third kappa shape index (κ3) is 6.88. The van der Waals surface area contributed by atoms with E-state index in [-0.39, 0.29) is 33.8 Å². The SMILES string of the molecule is Cc1cc2c3c(c1)N(c1ccc(C(C)(C)C)cc1-c1ccccc1)c1cc4c(cc1B3c1cc3c(cc1N2c1ccc(-c2ccccc2)cc1C)C(C)(C)CCC3(C)C)C(C)(C)CCC4(C)C. The Labute approximate surface area is 402 Å². The largest absolute Gasteiger partial charge is 0.311 e. The van der Waals surface area contributed by atoms with E-state index in [1.165, 1.54) is 137 Å². The van der Waals surface area contributed by atoms with Crippen molar-refractivity contribution in [1.82, 2.24) is 0 Å². The van der Waals surface area contributed by atoms with Gasteiger partial charge in [0, 0.05) is 34.0 Å². The molecular formula is C64H69BN2. The van der Waals surface area contributed by atoms with Gasteiger partial charge < -0.3 is 9.80 Å². The highest BCUT2D eigenvalue weighted by molar-refractivity contribution is 7.00. The number of hydrogen-bond donors (Lipinski definition) is 0. The van der Waals surface area contributed by atoms with Crippen molar-refractivity contribution in [2.75, 3.05) is 9.80 Å². The normalized spacial score (nSPS) is 18.1. The van der Waals surface area contributed by atoms with Gasteiger partial charge in [-0.2, -0.15) is 0 Å². The van der Waals surface area contributed by atoms with Gasteiger partial charge in [-0.1, -0.05) is 161 Å². The van der Waals surface area contributed by atoms with Crippen LogP contribution in [0.2, 0.25) is 0 Å². The van der Waals surface area contributed by atoms with Crippen LogP contribution in [-0.2, 0) is 27.1 Å². The first-order valence-electron chi connectivity index (χ1n) is 25.1. The van der Waals surface area contributed by atoms with E-state index >= 15 is 0 Å². The molecule has 0 radical (unpaired) electrons. The zero-order valence-electron chi connectivity index (χ0n) is 42.5. The van der Waals surface area contributed by atoms with Gasteiger partial charge in [0.15, 0.2) is 0 Å². The van der Waals surface area contributed by atoms with Gasteiger partial charge in [0.05, 0.1) is 5.69 Å². The molecule has 0 bridgehead atoms. The van der Waals surface area contributed by atoms with Crippen LogP contribution in [-0.4, -0.2) is 6.71 Å². The summed E-state index contributed by atoms with van der Waals surface area (Å²) < 4.78 is 0. The van der Waals surface area contributed by atoms with E-state index in [1.54, 1.807) is 0 Å². The third-order valence-corrected chi connectivity index (χ3v) is 16.9. The zero-order valence-corrected chi connectivity index (χ0v) is 42.5. The highest BCUT2D eigenvalue weighted by Gasteiger charge is 2.49. The molecule has 2 aliphatic carbocycles. The first-order valence-corrected chi connectivity index (χ1v) is 25.1. The van der Waals surface area contributed by atoms with Crippen LogP contribution in [0.3, 0.4) is 0 Å². The Kier molecular flexibility index (Phi) is 9.70. The molecule has 11 rings (SSSR count). The Balaban J connectivity index is 1.28. The van der Waals surface area contributed by atoms with Crippen LogP contribution in [0.5, 0.6) is 0 Å². The fourth-order valence-electron chi connectivity index (χ4n) is 12.5. The van der Waals surface area contributed by atoms with E-state index in [0.29, 0.717) is 0 Å². The van der Waals surface area contributed by atoms with Crippen LogP contribution in [0.1, 0.15) is 141 Å². The monoisotopic (exact) mass is 877 g/mol. The van der Waals surface area contributed by atoms with Crippen LogP contribution in [0.25, 0.3) is 22.3 Å². The third-order valence-electron chi connectivity index (χ3n) is 16.9. The molecule has 2 nitrogen and oxygen atoms in total. The molecule has 2 aliphatic heterocycles. The van der Waals surface area contributed by atoms with Gasteiger partial charge in [0.2, 0.25) is 0 Å². The Hall–Kier alpha value is -5.80. The molecular weight excluding hydrogens is 808 g/mol. The minimum absolute atomic E-state index is 0.0102. The zero-order chi connectivity index (χ0) is 47.2. The summed E-state index contributed by atoms with van der Waals surface area (Å²) in [6.07, 6.45) is 4.69. The standard InChI is InChI=1S/C64H69BN2/c1-40-32-57-59-58(33-40)67(54-27-25-45(60(3,4)5)35-46(54)43-22-18-15-19-23-43)56-39-50-48(62(8,9)29-31-64(50,12)13)37-52(56)65(59)51-36-47-49(63(10,11)30-28-61(47,6)7)38-55(51)66(57)53-26-24-44(34-41(53)2)42-20-16-14-17-21-42/h14-27,32-39H,28-31H2,1-13H3. The summed E-state index contributed by atoms with van der Waals surface area (Å²) in [5, 5.41) is 0. The fourth-order valence-corrected chi connectivity index (χ4v) is 12.5. The lowest BCUT2D eigenvalue weighted by Crippen LogP contribution is -2.62. The first kappa shape index (κ1) is 43.8. The number of anilines is 6. The second-order valence-corrected chi connectivity index (χ2v) is 24.5. The lowest BCUT2D eigenvalue weighted by molar-refractivity contribution is 0.332. The maximum Gasteiger partial charge on any atom is 0.252 e. The van der Waals surface area contributed by atoms with E-state index in [1.807, 2.05) is 0 Å². The average molecular weight is 877 g/mol. The van der Waals surface area contributed by atoms with Gasteiger partial charge in [-0.25, -0.2) is 0 Å². The molecule has 0 saturated carbocycles. The van der Waals surface area contributed by atoms with E-state index in [2.05, 4.69) is 233 Å². The van der Waals surface area contributed by atoms with Gasteiger partial charge in [0.25, 0.3) is 6.71 Å². The van der Waals surface area contributed by atoms with Crippen LogP contribution < -0.4 is 26.2 Å². The molecule has 3 heteroatoms. The number of fused-ring (bicyclic) bond motifs is 6. The second-order valence-electron chi connectivity index (χ2n) is 24.5. The number of benzene rings is 7. The van der Waals surface area contributed by atoms with E-state index in [9.17, 15) is 0 Å². The Morgan fingerprint density at radius 3 is 1.34 bits per heavy atom. The first-order chi connectivity index (χ1) is 31.6. The molecule has 0 amide bonds. The van der Waals surface area contributed by atoms with Gasteiger partial charge in [-0.05, 0) is 187 Å². The Bertz CT molecular complexity index is 3140. The van der Waals surface area contributed by atoms with E-state index in [0.717, 1.165) is 0 Å². The second kappa shape index (κ2) is 14.9. The van der Waals surface area contributed by atoms with Crippen LogP contribution in [0, 0.1) is 13.8 Å². The molecule has 0 N–H and O–H groups in total. The maximum absolute atomic E-state index is 2.70. The summed E-state index contributed by atoms with van der Waals surface area (Å²) >= 11 is 0. The van der Waals surface area contributed by atoms with Crippen molar-refractivity contribution in [1.29, 1.82) is 0 Å². The van der Waals surface area contributed by atoms with Crippen LogP contribution >= 0.6 is 0 Å². The molecule has 67 heavy (non-hydrogen) atoms. The summed E-state index contributed by atoms with van der Waals surface area (Å²) in [4.78, 5) is 5.37. The molecule has 0 spiro atoms. The molecule has 0 atom stereocenters. The van der Waals surface area contributed by atoms with Crippen molar-refractivity contribution in [3.63, 3.8) is 0 Å². The highest BCUT2D eigenvalue weighted by Crippen LogP contribution is 2.54. The lowest BCUT2D eigenvalue weighted by atomic mass is 9.32. The predicted octanol–water partition coefficient (Wildman–Crippen LogP) is 15.7. The molecule has 0 unspecified atom stereocenters. The Morgan fingerprint density at radius 2 is 0.866 bits per heavy atom. The van der Waals surface area contributed by atoms with Gasteiger partial charge in [-0.15, -0.1) is 0 Å². The van der Waals surface area contributed by atoms with E-state index < -0.39 is 0 Å². The van der Waals surface area contributed by atoms with Crippen molar-refractivity contribution in [2.24, 2.45) is 0 Å². The number of nitrogens with zero attached hydrogens (tertiary/aromatic N) is 2. The van der Waals surface area contributed by atoms with Gasteiger partial charge in [0.1, 0.15) is 0 Å². The van der Waals surface area contributed by atoms with Crippen molar-refractivity contribution >= 4 is 57.2 Å². The summed E-state index contributed by atoms with van der Waals surface area (Å²) in [7, 11) is 0. The van der Waals surface area contributed by atoms with Crippen LogP contribution in [0.4, 0.5) is 34.1 Å². The molecule has 7 aromatic carbocycles. The number of aryl methyl sites for hydroxylation is 2. The summed E-state index contributed by atoms with van der Waals surface area (Å²) in [5.74, 6) is 0. The van der Waals surface area contributed by atoms with Crippen LogP contribution in [0.15, 0.2) is 133 Å². The fraction of sp³-hybridized carbons (Fsp3) is 0.344. The van der Waals surface area contributed by atoms with Crippen molar-refractivity contribution in [3.05, 3.63) is 172 Å². The molecule has 7 aromatic rings. The summed E-state index contributed by atoms with van der Waals surface area (Å²) in [6.45, 7) is 31.6. The maximum atomic E-state index is 2.70. The van der Waals surface area contributed by atoms with Crippen molar-refractivity contribution < 1.29 is 0 Å². The van der Waals surface area contributed by atoms with Gasteiger partial charge in [-0.3, -0.25) is 0 Å². The lowest BCUT2D eigenvalue weighted by Gasteiger charge is -2.49. The van der Waals surface area contributed by atoms with Gasteiger partial charge >= 0.3 is 0 Å². The molecule has 0 saturated heterocycles. The van der Waals surface area contributed by atoms with Crippen molar-refractivity contribution in [3.8, 4) is 22.3 Å². The predicted molar refractivity (Wildman–Crippen MR) is 290 cm³/mol. The number of rotatable bonds is 4. The topological polar surface area (TPSA) is 6.48 Å². The quantitative estimate of drug-likeness (QED) is 0.163. The highest BCUT2D eigenvalue weighted by atomic mass is 15.2. The molecule has 0 fully saturated rings. The molecule has 338 valence electrons. The smallest absolute Gasteiger partial charge is 0.252 e. The molecule has 0 aromatic heterocycles. The van der Waals surface area contributed by atoms with Crippen molar-refractivity contribution in [2.45, 2.75) is 143 Å². The molecule has 4 aliphatic rings. The average Bonchev–Trinajstić information content (AvgIpc) is 3.29. The number of hydrogen-bond acceptors (Lipinski definition) is 2. The Morgan fingerprint density at radius 1 is 0.418 bits per heavy atom. The summed E-state index contributed by atoms with van der Waals surface area (Å²) in [6, 6.07) is 52.2. The summed E-state index contributed by atoms with van der Waals surface area (Å²) in [5.41, 5.74) is 27.0.